The third kappa shape index (κ3) is 3.45. The molecule has 0 aromatic heterocycles. The van der Waals surface area contributed by atoms with E-state index in [-0.39, 0.29) is 24.9 Å². The molecule has 1 aliphatic rings. The second kappa shape index (κ2) is 6.37. The second-order valence-corrected chi connectivity index (χ2v) is 4.34. The van der Waals surface area contributed by atoms with Gasteiger partial charge in [0.05, 0.1) is 7.11 Å². The number of hydrogen-bond donors (Lipinski definition) is 0. The van der Waals surface area contributed by atoms with Gasteiger partial charge in [-0.05, 0) is 13.3 Å². The van der Waals surface area contributed by atoms with Crippen LogP contribution in [0.4, 0.5) is 4.79 Å². The molecule has 18 heavy (non-hydrogen) atoms. The van der Waals surface area contributed by atoms with Crippen molar-refractivity contribution in [2.75, 3.05) is 20.2 Å². The highest BCUT2D eigenvalue weighted by Gasteiger charge is 2.36. The Morgan fingerprint density at radius 2 is 2.17 bits per heavy atom. The number of hydrogen-bond acceptors (Lipinski definition) is 5. The van der Waals surface area contributed by atoms with Gasteiger partial charge in [-0.3, -0.25) is 9.59 Å². The first-order valence-electron chi connectivity index (χ1n) is 6.05. The van der Waals surface area contributed by atoms with Gasteiger partial charge in [-0.2, -0.15) is 0 Å². The standard InChI is InChI=1S/C12H19NO5/c1-4-8(2)18-12(16)13-6-5-10(14)9(7-13)11(15)17-3/h8-9H,4-7H2,1-3H3. The largest absolute Gasteiger partial charge is 0.468 e. The number of Topliss-reactive ketones (excluding diaryl/α,β-unsaturated/α-hetero) is 1. The summed E-state index contributed by atoms with van der Waals surface area (Å²) in [6.45, 7) is 4.04. The van der Waals surface area contributed by atoms with E-state index < -0.39 is 18.0 Å². The van der Waals surface area contributed by atoms with Crippen molar-refractivity contribution in [3.05, 3.63) is 0 Å². The number of amides is 1. The monoisotopic (exact) mass is 257 g/mol. The van der Waals surface area contributed by atoms with Crippen molar-refractivity contribution in [2.45, 2.75) is 32.8 Å². The van der Waals surface area contributed by atoms with Crippen LogP contribution in [0.5, 0.6) is 0 Å². The Labute approximate surface area is 106 Å². The van der Waals surface area contributed by atoms with E-state index in [0.717, 1.165) is 6.42 Å². The number of carbonyl (C=O) groups excluding carboxylic acids is 3. The molecule has 1 amide bonds. The maximum atomic E-state index is 11.8. The summed E-state index contributed by atoms with van der Waals surface area (Å²) in [6, 6.07) is 0. The molecule has 0 aliphatic carbocycles. The van der Waals surface area contributed by atoms with Crippen molar-refractivity contribution in [1.82, 2.24) is 4.90 Å². The van der Waals surface area contributed by atoms with Crippen LogP contribution in [-0.2, 0) is 19.1 Å². The minimum atomic E-state index is -0.881. The fourth-order valence-corrected chi connectivity index (χ4v) is 1.68. The molecular formula is C12H19NO5. The van der Waals surface area contributed by atoms with Crippen molar-refractivity contribution >= 4 is 17.8 Å². The molecule has 6 nitrogen and oxygen atoms in total. The van der Waals surface area contributed by atoms with E-state index in [9.17, 15) is 14.4 Å². The summed E-state index contributed by atoms with van der Waals surface area (Å²) in [7, 11) is 1.23. The highest BCUT2D eigenvalue weighted by atomic mass is 16.6. The Balaban J connectivity index is 2.61. The van der Waals surface area contributed by atoms with E-state index in [1.165, 1.54) is 12.0 Å². The molecule has 0 radical (unpaired) electrons. The first-order valence-corrected chi connectivity index (χ1v) is 6.05. The topological polar surface area (TPSA) is 72.9 Å². The van der Waals surface area contributed by atoms with E-state index in [0.29, 0.717) is 6.54 Å². The number of carbonyl (C=O) groups is 3. The number of likely N-dealkylation sites (tertiary alicyclic amines) is 1. The molecule has 0 N–H and O–H groups in total. The maximum Gasteiger partial charge on any atom is 0.410 e. The lowest BCUT2D eigenvalue weighted by Gasteiger charge is -2.30. The fourth-order valence-electron chi connectivity index (χ4n) is 1.68. The van der Waals surface area contributed by atoms with Gasteiger partial charge in [0.15, 0.2) is 5.78 Å². The molecule has 0 aromatic carbocycles. The maximum absolute atomic E-state index is 11.8. The summed E-state index contributed by atoms with van der Waals surface area (Å²) < 4.78 is 9.71. The third-order valence-corrected chi connectivity index (χ3v) is 3.04. The Morgan fingerprint density at radius 1 is 1.50 bits per heavy atom. The average molecular weight is 257 g/mol. The van der Waals surface area contributed by atoms with Gasteiger partial charge >= 0.3 is 12.1 Å². The number of ether oxygens (including phenoxy) is 2. The number of rotatable bonds is 3. The molecule has 6 heteroatoms. The number of esters is 1. The van der Waals surface area contributed by atoms with Gasteiger partial charge < -0.3 is 14.4 Å². The van der Waals surface area contributed by atoms with E-state index >= 15 is 0 Å². The summed E-state index contributed by atoms with van der Waals surface area (Å²) in [5.74, 6) is -1.66. The SMILES string of the molecule is CCC(C)OC(=O)N1CCC(=O)C(C(=O)OC)C1. The van der Waals surface area contributed by atoms with E-state index in [1.807, 2.05) is 6.92 Å². The highest BCUT2D eigenvalue weighted by Crippen LogP contribution is 2.16. The van der Waals surface area contributed by atoms with Gasteiger partial charge in [0, 0.05) is 19.5 Å². The van der Waals surface area contributed by atoms with Crippen LogP contribution in [0.1, 0.15) is 26.7 Å². The van der Waals surface area contributed by atoms with Crippen LogP contribution in [0.3, 0.4) is 0 Å². The molecule has 2 unspecified atom stereocenters. The van der Waals surface area contributed by atoms with Crippen LogP contribution in [-0.4, -0.2) is 49.0 Å². The molecule has 2 atom stereocenters. The Kier molecular flexibility index (Phi) is 5.12. The summed E-state index contributed by atoms with van der Waals surface area (Å²) in [5.41, 5.74) is 0. The van der Waals surface area contributed by atoms with Crippen LogP contribution >= 0.6 is 0 Å². The Hall–Kier alpha value is -1.59. The Morgan fingerprint density at radius 3 is 2.72 bits per heavy atom. The smallest absolute Gasteiger partial charge is 0.410 e. The highest BCUT2D eigenvalue weighted by molar-refractivity contribution is 6.00. The van der Waals surface area contributed by atoms with Crippen molar-refractivity contribution < 1.29 is 23.9 Å². The lowest BCUT2D eigenvalue weighted by Crippen LogP contribution is -2.47. The van der Waals surface area contributed by atoms with Gasteiger partial charge in [0.1, 0.15) is 12.0 Å². The van der Waals surface area contributed by atoms with Crippen LogP contribution < -0.4 is 0 Å². The molecule has 0 bridgehead atoms. The van der Waals surface area contributed by atoms with Crippen LogP contribution in [0.15, 0.2) is 0 Å². The number of methoxy groups -OCH3 is 1. The van der Waals surface area contributed by atoms with Gasteiger partial charge in [0.2, 0.25) is 0 Å². The zero-order valence-corrected chi connectivity index (χ0v) is 11.0. The van der Waals surface area contributed by atoms with E-state index in [2.05, 4.69) is 4.74 Å². The van der Waals surface area contributed by atoms with Crippen LogP contribution in [0.25, 0.3) is 0 Å². The lowest BCUT2D eigenvalue weighted by atomic mass is 9.97. The minimum absolute atomic E-state index is 0.0424. The molecule has 0 spiro atoms. The lowest BCUT2D eigenvalue weighted by molar-refractivity contribution is -0.151. The molecule has 1 saturated heterocycles. The number of ketones is 1. The number of nitrogens with zero attached hydrogens (tertiary/aromatic N) is 1. The molecule has 0 saturated carbocycles. The third-order valence-electron chi connectivity index (χ3n) is 3.04. The van der Waals surface area contributed by atoms with Crippen molar-refractivity contribution in [3.63, 3.8) is 0 Å². The second-order valence-electron chi connectivity index (χ2n) is 4.34. The minimum Gasteiger partial charge on any atom is -0.468 e. The summed E-state index contributed by atoms with van der Waals surface area (Å²) in [4.78, 5) is 36.1. The van der Waals surface area contributed by atoms with E-state index in [4.69, 9.17) is 4.74 Å². The average Bonchev–Trinajstić information content (AvgIpc) is 2.38. The van der Waals surface area contributed by atoms with Gasteiger partial charge in [-0.25, -0.2) is 4.79 Å². The fraction of sp³-hybridized carbons (Fsp3) is 0.750. The molecule has 1 heterocycles. The summed E-state index contributed by atoms with van der Waals surface area (Å²) in [6.07, 6.45) is 0.228. The van der Waals surface area contributed by atoms with Crippen LogP contribution in [0.2, 0.25) is 0 Å². The first kappa shape index (κ1) is 14.5. The van der Waals surface area contributed by atoms with Crippen LogP contribution in [0, 0.1) is 5.92 Å². The molecule has 1 aliphatic heterocycles. The number of piperidine rings is 1. The van der Waals surface area contributed by atoms with Gasteiger partial charge in [-0.15, -0.1) is 0 Å². The quantitative estimate of drug-likeness (QED) is 0.556. The van der Waals surface area contributed by atoms with Crippen molar-refractivity contribution in [1.29, 1.82) is 0 Å². The predicted octanol–water partition coefficient (Wildman–Crippen LogP) is 0.985. The first-order chi connectivity index (χ1) is 8.49. The zero-order chi connectivity index (χ0) is 13.7. The predicted molar refractivity (Wildman–Crippen MR) is 62.9 cm³/mol. The van der Waals surface area contributed by atoms with Crippen molar-refractivity contribution in [3.8, 4) is 0 Å². The molecule has 1 rings (SSSR count). The molecular weight excluding hydrogens is 238 g/mol. The molecule has 1 fully saturated rings. The summed E-state index contributed by atoms with van der Waals surface area (Å²) >= 11 is 0. The van der Waals surface area contributed by atoms with Crippen molar-refractivity contribution in [2.24, 2.45) is 5.92 Å². The van der Waals surface area contributed by atoms with Gasteiger partial charge in [-0.1, -0.05) is 6.92 Å². The Bertz CT molecular complexity index is 333. The molecule has 102 valence electrons. The molecule has 0 aromatic rings. The zero-order valence-electron chi connectivity index (χ0n) is 11.0. The van der Waals surface area contributed by atoms with Gasteiger partial charge in [0.25, 0.3) is 0 Å². The van der Waals surface area contributed by atoms with E-state index in [1.54, 1.807) is 6.92 Å². The normalized spacial score (nSPS) is 21.4. The summed E-state index contributed by atoms with van der Waals surface area (Å²) in [5, 5.41) is 0.